The van der Waals surface area contributed by atoms with Gasteiger partial charge in [-0.05, 0) is 108 Å². The van der Waals surface area contributed by atoms with Crippen LogP contribution in [0.4, 0.5) is 34.1 Å². The molecule has 8 heteroatoms. The Balaban J connectivity index is 1.06. The number of hydrogen-bond acceptors (Lipinski definition) is 8. The Labute approximate surface area is 445 Å². The Morgan fingerprint density at radius 1 is 0.263 bits per heavy atom. The molecule has 14 rings (SSSR count). The summed E-state index contributed by atoms with van der Waals surface area (Å²) in [4.78, 5) is 28.7. The molecule has 76 heavy (non-hydrogen) atoms. The van der Waals surface area contributed by atoms with E-state index in [2.05, 4.69) is 180 Å². The number of fused-ring (bicyclic) bond motifs is 4. The molecule has 2 aliphatic heterocycles. The molecule has 7 nitrogen and oxygen atoms in total. The second-order valence-corrected chi connectivity index (χ2v) is 19.8. The third-order valence-electron chi connectivity index (χ3n) is 13.8. The summed E-state index contributed by atoms with van der Waals surface area (Å²) in [6, 6.07) is 92.8. The minimum absolute atomic E-state index is 0.578. The maximum atomic E-state index is 6.60. The van der Waals surface area contributed by atoms with Gasteiger partial charge < -0.3 is 14.5 Å². The number of rotatable bonds is 9. The summed E-state index contributed by atoms with van der Waals surface area (Å²) >= 11 is 1.80. The molecule has 12 aromatic rings. The maximum Gasteiger partial charge on any atom is 0.160 e. The SMILES string of the molecule is c1ccc(-c2cc(-c3ccccc3)nc(-c3cc(-c4cc(N5c6ccccc6Oc6ccccc65)cc(N5c6ccccc6Sc6ccccc65)c4)cc(-c4nc(-c5ccccc5)cc(-c5ccccc5)n4)c3)n2)cc1. The van der Waals surface area contributed by atoms with Crippen molar-refractivity contribution in [3.8, 4) is 90.4 Å². The Hall–Kier alpha value is -9.89. The molecule has 4 heterocycles. The topological polar surface area (TPSA) is 67.3 Å². The molecule has 0 fully saturated rings. The van der Waals surface area contributed by atoms with E-state index in [4.69, 9.17) is 24.7 Å². The summed E-state index contributed by atoms with van der Waals surface area (Å²) in [6.07, 6.45) is 0. The van der Waals surface area contributed by atoms with Gasteiger partial charge in [-0.15, -0.1) is 0 Å². The molecule has 0 saturated carbocycles. The van der Waals surface area contributed by atoms with E-state index in [0.717, 1.165) is 113 Å². The molecule has 0 radical (unpaired) electrons. The fourth-order valence-electron chi connectivity index (χ4n) is 10.2. The van der Waals surface area contributed by atoms with Crippen LogP contribution >= 0.6 is 11.8 Å². The van der Waals surface area contributed by atoms with Gasteiger partial charge in [-0.25, -0.2) is 19.9 Å². The molecule has 0 unspecified atom stereocenters. The van der Waals surface area contributed by atoms with Crippen LogP contribution in [0.15, 0.2) is 277 Å². The maximum absolute atomic E-state index is 6.60. The second kappa shape index (κ2) is 19.2. The Kier molecular flexibility index (Phi) is 11.3. The largest absolute Gasteiger partial charge is 0.453 e. The van der Waals surface area contributed by atoms with Gasteiger partial charge >= 0.3 is 0 Å². The molecular weight excluding hydrogens is 949 g/mol. The van der Waals surface area contributed by atoms with E-state index in [1.807, 2.05) is 97.1 Å². The molecule has 0 saturated heterocycles. The summed E-state index contributed by atoms with van der Waals surface area (Å²) in [5, 5.41) is 0. The number of hydrogen-bond donors (Lipinski definition) is 0. The van der Waals surface area contributed by atoms with E-state index in [9.17, 15) is 0 Å². The van der Waals surface area contributed by atoms with Crippen molar-refractivity contribution < 1.29 is 4.74 Å². The quantitative estimate of drug-likeness (QED) is 0.142. The first-order valence-corrected chi connectivity index (χ1v) is 26.1. The van der Waals surface area contributed by atoms with E-state index in [0.29, 0.717) is 11.6 Å². The van der Waals surface area contributed by atoms with Crippen LogP contribution in [0.5, 0.6) is 11.5 Å². The number of benzene rings is 10. The van der Waals surface area contributed by atoms with Gasteiger partial charge in [0.15, 0.2) is 23.1 Å². The van der Waals surface area contributed by atoms with Crippen LogP contribution < -0.4 is 14.5 Å². The van der Waals surface area contributed by atoms with Crippen LogP contribution in [0.25, 0.3) is 78.9 Å². The van der Waals surface area contributed by atoms with Gasteiger partial charge in [0.05, 0.1) is 45.5 Å². The molecule has 2 aliphatic rings. The van der Waals surface area contributed by atoms with E-state index in [1.54, 1.807) is 11.8 Å². The zero-order valence-corrected chi connectivity index (χ0v) is 41.7. The normalized spacial score (nSPS) is 12.2. The van der Waals surface area contributed by atoms with Crippen LogP contribution in [0.1, 0.15) is 0 Å². The van der Waals surface area contributed by atoms with Crippen molar-refractivity contribution in [1.82, 2.24) is 19.9 Å². The van der Waals surface area contributed by atoms with Crippen LogP contribution in [0.3, 0.4) is 0 Å². The predicted octanol–water partition coefficient (Wildman–Crippen LogP) is 18.4. The zero-order chi connectivity index (χ0) is 50.4. The summed E-state index contributed by atoms with van der Waals surface area (Å²) in [7, 11) is 0. The summed E-state index contributed by atoms with van der Waals surface area (Å²) < 4.78 is 6.60. The average molecular weight is 993 g/mol. The van der Waals surface area contributed by atoms with Crippen LogP contribution in [-0.2, 0) is 0 Å². The van der Waals surface area contributed by atoms with E-state index in [1.165, 1.54) is 9.79 Å². The molecule has 0 N–H and O–H groups in total. The molecule has 0 aliphatic carbocycles. The van der Waals surface area contributed by atoms with Crippen molar-refractivity contribution in [3.63, 3.8) is 0 Å². The molecule has 0 amide bonds. The smallest absolute Gasteiger partial charge is 0.160 e. The van der Waals surface area contributed by atoms with Crippen LogP contribution in [0.2, 0.25) is 0 Å². The van der Waals surface area contributed by atoms with Crippen molar-refractivity contribution in [2.24, 2.45) is 0 Å². The molecule has 358 valence electrons. The van der Waals surface area contributed by atoms with Crippen LogP contribution in [0, 0.1) is 0 Å². The Morgan fingerprint density at radius 2 is 0.579 bits per heavy atom. The number of anilines is 6. The predicted molar refractivity (Wildman–Crippen MR) is 309 cm³/mol. The van der Waals surface area contributed by atoms with Gasteiger partial charge in [0.25, 0.3) is 0 Å². The molecule has 0 bridgehead atoms. The fourth-order valence-corrected chi connectivity index (χ4v) is 11.3. The lowest BCUT2D eigenvalue weighted by molar-refractivity contribution is 0.477. The monoisotopic (exact) mass is 992 g/mol. The number of nitrogens with zero attached hydrogens (tertiary/aromatic N) is 6. The van der Waals surface area contributed by atoms with Gasteiger partial charge in [-0.3, -0.25) is 0 Å². The first-order valence-electron chi connectivity index (χ1n) is 25.3. The second-order valence-electron chi connectivity index (χ2n) is 18.7. The highest BCUT2D eigenvalue weighted by Gasteiger charge is 2.30. The Morgan fingerprint density at radius 3 is 0.987 bits per heavy atom. The highest BCUT2D eigenvalue weighted by molar-refractivity contribution is 7.99. The lowest BCUT2D eigenvalue weighted by atomic mass is 9.96. The number of aromatic nitrogens is 4. The van der Waals surface area contributed by atoms with E-state index < -0.39 is 0 Å². The van der Waals surface area contributed by atoms with E-state index >= 15 is 0 Å². The highest BCUT2D eigenvalue weighted by Crippen LogP contribution is 2.55. The number of para-hydroxylation sites is 6. The molecule has 2 aromatic heterocycles. The van der Waals surface area contributed by atoms with Gasteiger partial charge in [-0.1, -0.05) is 182 Å². The van der Waals surface area contributed by atoms with Gasteiger partial charge in [0.2, 0.25) is 0 Å². The first-order chi connectivity index (χ1) is 37.6. The van der Waals surface area contributed by atoms with Crippen molar-refractivity contribution in [3.05, 3.63) is 267 Å². The number of ether oxygens (including phenoxy) is 1. The highest BCUT2D eigenvalue weighted by atomic mass is 32.2. The lowest BCUT2D eigenvalue weighted by Crippen LogP contribution is -2.18. The van der Waals surface area contributed by atoms with Gasteiger partial charge in [0, 0.05) is 54.5 Å². The summed E-state index contributed by atoms with van der Waals surface area (Å²) in [5.74, 6) is 2.71. The minimum Gasteiger partial charge on any atom is -0.453 e. The molecule has 0 atom stereocenters. The standard InChI is InChI=1S/C68H44N6OS/c1-5-21-45(22-6-1)55-43-56(46-23-7-2-8-24-46)70-67(69-55)51-37-49(38-52(39-51)68-71-57(47-25-9-3-10-26-47)44-58(72-68)48-27-11-4-12-28-48)50-40-53(73-59-29-13-17-33-63(59)75-64-34-18-14-30-60(64)73)42-54(41-50)74-61-31-15-19-35-65(61)76-66-36-20-16-32-62(66)74/h1-44H. The summed E-state index contributed by atoms with van der Waals surface area (Å²) in [5.41, 5.74) is 16.8. The first kappa shape index (κ1) is 44.8. The summed E-state index contributed by atoms with van der Waals surface area (Å²) in [6.45, 7) is 0. The molecule has 10 aromatic carbocycles. The molecular formula is C68H44N6OS. The minimum atomic E-state index is 0.578. The van der Waals surface area contributed by atoms with Crippen molar-refractivity contribution in [2.45, 2.75) is 9.79 Å². The van der Waals surface area contributed by atoms with Gasteiger partial charge in [-0.2, -0.15) is 0 Å². The van der Waals surface area contributed by atoms with Crippen molar-refractivity contribution >= 4 is 45.9 Å². The van der Waals surface area contributed by atoms with Crippen molar-refractivity contribution in [2.75, 3.05) is 9.80 Å². The third-order valence-corrected chi connectivity index (χ3v) is 14.9. The lowest BCUT2D eigenvalue weighted by Gasteiger charge is -2.36. The Bertz CT molecular complexity index is 3670. The van der Waals surface area contributed by atoms with Gasteiger partial charge in [0.1, 0.15) is 0 Å². The average Bonchev–Trinajstić information content (AvgIpc) is 3.50. The van der Waals surface area contributed by atoms with Crippen molar-refractivity contribution in [1.29, 1.82) is 0 Å². The zero-order valence-electron chi connectivity index (χ0n) is 40.9. The van der Waals surface area contributed by atoms with Crippen LogP contribution in [-0.4, -0.2) is 19.9 Å². The van der Waals surface area contributed by atoms with E-state index in [-0.39, 0.29) is 0 Å². The third kappa shape index (κ3) is 8.42. The molecule has 0 spiro atoms. The fraction of sp³-hybridized carbons (Fsp3) is 0.